The SMILES string of the molecule is CC(=O)C(F)F.I. The van der Waals surface area contributed by atoms with Crippen LogP contribution in [0, 0.1) is 0 Å². The lowest BCUT2D eigenvalue weighted by Crippen LogP contribution is -2.02. The highest BCUT2D eigenvalue weighted by Crippen LogP contribution is 1.89. The van der Waals surface area contributed by atoms with Crippen LogP contribution in [0.1, 0.15) is 6.92 Å². The van der Waals surface area contributed by atoms with Crippen molar-refractivity contribution in [2.24, 2.45) is 0 Å². The second-order valence-electron chi connectivity index (χ2n) is 0.911. The number of carbonyl (C=O) groups excluding carboxylic acids is 1. The topological polar surface area (TPSA) is 17.1 Å². The van der Waals surface area contributed by atoms with Gasteiger partial charge in [0.05, 0.1) is 0 Å². The van der Waals surface area contributed by atoms with Gasteiger partial charge in [0, 0.05) is 6.92 Å². The second kappa shape index (κ2) is 4.42. The Morgan fingerprint density at radius 2 is 1.71 bits per heavy atom. The molecule has 0 saturated carbocycles. The average molecular weight is 222 g/mol. The lowest BCUT2D eigenvalue weighted by molar-refractivity contribution is -0.127. The van der Waals surface area contributed by atoms with E-state index in [0.717, 1.165) is 6.92 Å². The standard InChI is InChI=1S/C3H4F2O.HI/c1-2(6)3(4)5;/h3H,1H3;1H. The van der Waals surface area contributed by atoms with E-state index in [2.05, 4.69) is 0 Å². The Bertz CT molecular complexity index is 64.0. The van der Waals surface area contributed by atoms with Gasteiger partial charge in [-0.15, -0.1) is 24.0 Å². The normalized spacial score (nSPS) is 8.00. The fourth-order valence-corrected chi connectivity index (χ4v) is 0. The van der Waals surface area contributed by atoms with Crippen molar-refractivity contribution in [1.29, 1.82) is 0 Å². The highest BCUT2D eigenvalue weighted by atomic mass is 127. The van der Waals surface area contributed by atoms with Crippen LogP contribution in [0.15, 0.2) is 0 Å². The summed E-state index contributed by atoms with van der Waals surface area (Å²) in [6, 6.07) is 0. The highest BCUT2D eigenvalue weighted by Gasteiger charge is 2.05. The third-order valence-corrected chi connectivity index (χ3v) is 0.307. The zero-order chi connectivity index (χ0) is 5.15. The van der Waals surface area contributed by atoms with Crippen LogP contribution in [0.5, 0.6) is 0 Å². The predicted molar refractivity (Wildman–Crippen MR) is 32.1 cm³/mol. The zero-order valence-corrected chi connectivity index (χ0v) is 5.98. The molecule has 0 unspecified atom stereocenters. The summed E-state index contributed by atoms with van der Waals surface area (Å²) in [7, 11) is 0. The average Bonchev–Trinajstić information content (AvgIpc) is 1.36. The van der Waals surface area contributed by atoms with E-state index in [-0.39, 0.29) is 24.0 Å². The first-order chi connectivity index (χ1) is 2.64. The number of hydrogen-bond donors (Lipinski definition) is 0. The summed E-state index contributed by atoms with van der Waals surface area (Å²) in [4.78, 5) is 9.39. The maximum atomic E-state index is 10.8. The summed E-state index contributed by atoms with van der Waals surface area (Å²) in [6.45, 7) is 0.852. The molecule has 7 heavy (non-hydrogen) atoms. The smallest absolute Gasteiger partial charge is 0.294 e. The van der Waals surface area contributed by atoms with Crippen molar-refractivity contribution in [3.63, 3.8) is 0 Å². The summed E-state index contributed by atoms with van der Waals surface area (Å²) in [5, 5.41) is 0. The molecule has 0 aromatic heterocycles. The van der Waals surface area contributed by atoms with E-state index in [1.807, 2.05) is 0 Å². The van der Waals surface area contributed by atoms with Gasteiger partial charge in [0.15, 0.2) is 5.78 Å². The van der Waals surface area contributed by atoms with Gasteiger partial charge in [0.1, 0.15) is 0 Å². The van der Waals surface area contributed by atoms with Crippen LogP contribution >= 0.6 is 24.0 Å². The third kappa shape index (κ3) is 6.26. The molecular formula is C3H5F2IO. The van der Waals surface area contributed by atoms with E-state index < -0.39 is 12.2 Å². The van der Waals surface area contributed by atoms with Crippen LogP contribution < -0.4 is 0 Å². The molecular weight excluding hydrogens is 217 g/mol. The molecule has 44 valence electrons. The lowest BCUT2D eigenvalue weighted by Gasteiger charge is -1.82. The minimum absolute atomic E-state index is 0. The summed E-state index contributed by atoms with van der Waals surface area (Å²) in [5.41, 5.74) is 0. The van der Waals surface area contributed by atoms with E-state index in [4.69, 9.17) is 0 Å². The summed E-state index contributed by atoms with van der Waals surface area (Å²) >= 11 is 0. The lowest BCUT2D eigenvalue weighted by atomic mass is 10.5. The summed E-state index contributed by atoms with van der Waals surface area (Å²) < 4.78 is 21.6. The van der Waals surface area contributed by atoms with E-state index in [1.54, 1.807) is 0 Å². The molecule has 4 heteroatoms. The summed E-state index contributed by atoms with van der Waals surface area (Å²) in [6.07, 6.45) is -2.79. The van der Waals surface area contributed by atoms with Crippen molar-refractivity contribution in [1.82, 2.24) is 0 Å². The molecule has 0 heterocycles. The summed E-state index contributed by atoms with van der Waals surface area (Å²) in [5.74, 6) is -1.07. The van der Waals surface area contributed by atoms with E-state index in [9.17, 15) is 13.6 Å². The van der Waals surface area contributed by atoms with Crippen LogP contribution in [0.25, 0.3) is 0 Å². The molecule has 1 nitrogen and oxygen atoms in total. The molecule has 0 saturated heterocycles. The van der Waals surface area contributed by atoms with Gasteiger partial charge < -0.3 is 0 Å². The Labute approximate surface area is 57.1 Å². The van der Waals surface area contributed by atoms with Gasteiger partial charge in [-0.3, -0.25) is 4.79 Å². The second-order valence-corrected chi connectivity index (χ2v) is 0.911. The Balaban J connectivity index is 0. The molecule has 0 spiro atoms. The van der Waals surface area contributed by atoms with Gasteiger partial charge in [-0.1, -0.05) is 0 Å². The van der Waals surface area contributed by atoms with Crippen molar-refractivity contribution >= 4 is 29.8 Å². The van der Waals surface area contributed by atoms with Gasteiger partial charge >= 0.3 is 0 Å². The van der Waals surface area contributed by atoms with Crippen LogP contribution in [0.3, 0.4) is 0 Å². The van der Waals surface area contributed by atoms with E-state index in [0.29, 0.717) is 0 Å². The number of hydrogen-bond acceptors (Lipinski definition) is 1. The number of Topliss-reactive ketones (excluding diaryl/α,β-unsaturated/α-hetero) is 1. The molecule has 0 aromatic carbocycles. The molecule has 0 N–H and O–H groups in total. The predicted octanol–water partition coefficient (Wildman–Crippen LogP) is 1.46. The Morgan fingerprint density at radius 1 is 1.57 bits per heavy atom. The van der Waals surface area contributed by atoms with Gasteiger partial charge in [0.25, 0.3) is 6.43 Å². The maximum absolute atomic E-state index is 10.8. The fraction of sp³-hybridized carbons (Fsp3) is 0.667. The highest BCUT2D eigenvalue weighted by molar-refractivity contribution is 14.0. The number of halogens is 3. The largest absolute Gasteiger partial charge is 0.295 e. The zero-order valence-electron chi connectivity index (χ0n) is 3.65. The van der Waals surface area contributed by atoms with E-state index >= 15 is 0 Å². The molecule has 0 bridgehead atoms. The van der Waals surface area contributed by atoms with Crippen LogP contribution in [-0.2, 0) is 4.79 Å². The van der Waals surface area contributed by atoms with Gasteiger partial charge in [-0.25, -0.2) is 8.78 Å². The van der Waals surface area contributed by atoms with Crippen molar-refractivity contribution in [2.75, 3.05) is 0 Å². The van der Waals surface area contributed by atoms with Crippen molar-refractivity contribution in [3.8, 4) is 0 Å². The minimum Gasteiger partial charge on any atom is -0.294 e. The molecule has 0 aromatic rings. The van der Waals surface area contributed by atoms with Gasteiger partial charge in [-0.2, -0.15) is 0 Å². The van der Waals surface area contributed by atoms with Crippen LogP contribution in [0.4, 0.5) is 8.78 Å². The quantitative estimate of drug-likeness (QED) is 0.613. The Kier molecular flexibility index (Phi) is 6.49. The fourth-order valence-electron chi connectivity index (χ4n) is 0. The van der Waals surface area contributed by atoms with Crippen molar-refractivity contribution in [3.05, 3.63) is 0 Å². The molecule has 0 aliphatic heterocycles. The third-order valence-electron chi connectivity index (χ3n) is 0.307. The molecule has 0 aliphatic rings. The number of carbonyl (C=O) groups is 1. The molecule has 0 amide bonds. The van der Waals surface area contributed by atoms with Crippen molar-refractivity contribution < 1.29 is 13.6 Å². The first kappa shape index (κ1) is 10.3. The monoisotopic (exact) mass is 222 g/mol. The molecule has 0 atom stereocenters. The van der Waals surface area contributed by atoms with Crippen LogP contribution in [0.2, 0.25) is 0 Å². The molecule has 0 fully saturated rings. The minimum atomic E-state index is -2.79. The Morgan fingerprint density at radius 3 is 1.71 bits per heavy atom. The maximum Gasteiger partial charge on any atom is 0.295 e. The van der Waals surface area contributed by atoms with Gasteiger partial charge in [0.2, 0.25) is 0 Å². The van der Waals surface area contributed by atoms with Gasteiger partial charge in [-0.05, 0) is 0 Å². The number of alkyl halides is 2. The number of ketones is 1. The van der Waals surface area contributed by atoms with E-state index in [1.165, 1.54) is 0 Å². The first-order valence-electron chi connectivity index (χ1n) is 1.43. The first-order valence-corrected chi connectivity index (χ1v) is 1.43. The molecule has 0 rings (SSSR count). The van der Waals surface area contributed by atoms with Crippen molar-refractivity contribution in [2.45, 2.75) is 13.3 Å². The Hall–Kier alpha value is 0.260. The number of rotatable bonds is 1. The van der Waals surface area contributed by atoms with Crippen LogP contribution in [-0.4, -0.2) is 12.2 Å². The molecule has 0 aliphatic carbocycles. The molecule has 0 radical (unpaired) electrons.